The fourth-order valence-electron chi connectivity index (χ4n) is 1.74. The number of cyclic esters (lactones) is 2. The maximum atomic E-state index is 11.5. The first kappa shape index (κ1) is 13.0. The number of rotatable bonds is 3. The zero-order chi connectivity index (χ0) is 12.0. The molecular formula is C12H20O4. The van der Waals surface area contributed by atoms with E-state index in [0.29, 0.717) is 32.1 Å². The van der Waals surface area contributed by atoms with Crippen molar-refractivity contribution in [3.05, 3.63) is 0 Å². The van der Waals surface area contributed by atoms with Gasteiger partial charge in [0.1, 0.15) is 0 Å². The van der Waals surface area contributed by atoms with Crippen molar-refractivity contribution in [2.75, 3.05) is 0 Å². The van der Waals surface area contributed by atoms with Crippen molar-refractivity contribution in [2.24, 2.45) is 0 Å². The van der Waals surface area contributed by atoms with Crippen LogP contribution in [0.4, 0.5) is 0 Å². The molecule has 1 saturated heterocycles. The Morgan fingerprint density at radius 2 is 1.62 bits per heavy atom. The maximum Gasteiger partial charge on any atom is 0.309 e. The van der Waals surface area contributed by atoms with E-state index in [2.05, 4.69) is 0 Å². The smallest absolute Gasteiger partial charge is 0.309 e. The van der Waals surface area contributed by atoms with Crippen molar-refractivity contribution < 1.29 is 19.1 Å². The summed E-state index contributed by atoms with van der Waals surface area (Å²) in [5, 5.41) is 0. The van der Waals surface area contributed by atoms with Crippen LogP contribution in [0, 0.1) is 0 Å². The summed E-state index contributed by atoms with van der Waals surface area (Å²) in [5.41, 5.74) is 0. The SMILES string of the molecule is CCCCC1(C)OC(=O)CCCCC(=O)O1. The molecule has 16 heavy (non-hydrogen) atoms. The van der Waals surface area contributed by atoms with Gasteiger partial charge in [0.25, 0.3) is 5.79 Å². The van der Waals surface area contributed by atoms with E-state index in [-0.39, 0.29) is 11.9 Å². The van der Waals surface area contributed by atoms with E-state index in [0.717, 1.165) is 12.8 Å². The van der Waals surface area contributed by atoms with Gasteiger partial charge < -0.3 is 9.47 Å². The van der Waals surface area contributed by atoms with Crippen LogP contribution in [0.3, 0.4) is 0 Å². The maximum absolute atomic E-state index is 11.5. The predicted octanol–water partition coefficient (Wildman–Crippen LogP) is 2.55. The quantitative estimate of drug-likeness (QED) is 0.696. The molecule has 0 spiro atoms. The van der Waals surface area contributed by atoms with Gasteiger partial charge in [0.05, 0.1) is 0 Å². The highest BCUT2D eigenvalue weighted by Crippen LogP contribution is 2.24. The van der Waals surface area contributed by atoms with Crippen LogP contribution in [0.1, 0.15) is 58.8 Å². The summed E-state index contributed by atoms with van der Waals surface area (Å²) in [6.45, 7) is 3.71. The van der Waals surface area contributed by atoms with Crippen molar-refractivity contribution >= 4 is 11.9 Å². The molecule has 92 valence electrons. The van der Waals surface area contributed by atoms with E-state index in [1.54, 1.807) is 6.92 Å². The van der Waals surface area contributed by atoms with Gasteiger partial charge >= 0.3 is 11.9 Å². The number of unbranched alkanes of at least 4 members (excludes halogenated alkanes) is 1. The predicted molar refractivity (Wildman–Crippen MR) is 58.6 cm³/mol. The molecule has 1 aliphatic rings. The molecular weight excluding hydrogens is 208 g/mol. The second-order valence-corrected chi connectivity index (χ2v) is 4.39. The van der Waals surface area contributed by atoms with E-state index < -0.39 is 5.79 Å². The summed E-state index contributed by atoms with van der Waals surface area (Å²) >= 11 is 0. The molecule has 0 N–H and O–H groups in total. The van der Waals surface area contributed by atoms with Crippen LogP contribution in [0.2, 0.25) is 0 Å². The Labute approximate surface area is 96.3 Å². The highest BCUT2D eigenvalue weighted by molar-refractivity contribution is 5.73. The molecule has 0 atom stereocenters. The number of carbonyl (C=O) groups is 2. The van der Waals surface area contributed by atoms with Crippen LogP contribution in [-0.2, 0) is 19.1 Å². The molecule has 0 radical (unpaired) electrons. The van der Waals surface area contributed by atoms with Gasteiger partial charge in [0.2, 0.25) is 0 Å². The molecule has 0 aromatic rings. The molecule has 1 aliphatic heterocycles. The Kier molecular flexibility index (Phi) is 4.77. The molecule has 1 fully saturated rings. The van der Waals surface area contributed by atoms with Crippen LogP contribution < -0.4 is 0 Å². The van der Waals surface area contributed by atoms with Gasteiger partial charge in [-0.15, -0.1) is 0 Å². The molecule has 0 amide bonds. The largest absolute Gasteiger partial charge is 0.423 e. The minimum atomic E-state index is -1.06. The first-order chi connectivity index (χ1) is 7.56. The molecule has 4 nitrogen and oxygen atoms in total. The lowest BCUT2D eigenvalue weighted by Crippen LogP contribution is -2.36. The van der Waals surface area contributed by atoms with Crippen molar-refractivity contribution in [2.45, 2.75) is 64.6 Å². The summed E-state index contributed by atoms with van der Waals surface area (Å²) in [6, 6.07) is 0. The highest BCUT2D eigenvalue weighted by atomic mass is 16.7. The fourth-order valence-corrected chi connectivity index (χ4v) is 1.74. The summed E-state index contributed by atoms with van der Waals surface area (Å²) in [4.78, 5) is 22.9. The third-order valence-corrected chi connectivity index (χ3v) is 2.66. The lowest BCUT2D eigenvalue weighted by atomic mass is 10.1. The number of carbonyl (C=O) groups excluding carboxylic acids is 2. The van der Waals surface area contributed by atoms with E-state index >= 15 is 0 Å². The lowest BCUT2D eigenvalue weighted by molar-refractivity contribution is -0.224. The summed E-state index contributed by atoms with van der Waals surface area (Å²) in [6.07, 6.45) is 4.55. The third-order valence-electron chi connectivity index (χ3n) is 2.66. The van der Waals surface area contributed by atoms with Gasteiger partial charge in [0.15, 0.2) is 0 Å². The Hall–Kier alpha value is -1.06. The minimum absolute atomic E-state index is 0.270. The van der Waals surface area contributed by atoms with Crippen LogP contribution in [0.25, 0.3) is 0 Å². The van der Waals surface area contributed by atoms with Gasteiger partial charge in [-0.25, -0.2) is 0 Å². The van der Waals surface area contributed by atoms with Crippen molar-refractivity contribution in [1.29, 1.82) is 0 Å². The van der Waals surface area contributed by atoms with Crippen LogP contribution in [0.15, 0.2) is 0 Å². The summed E-state index contributed by atoms with van der Waals surface area (Å²) in [7, 11) is 0. The average molecular weight is 228 g/mol. The van der Waals surface area contributed by atoms with E-state index in [9.17, 15) is 9.59 Å². The van der Waals surface area contributed by atoms with Crippen molar-refractivity contribution in [1.82, 2.24) is 0 Å². The van der Waals surface area contributed by atoms with Gasteiger partial charge in [-0.05, 0) is 19.3 Å². The summed E-state index contributed by atoms with van der Waals surface area (Å²) in [5.74, 6) is -1.60. The number of ether oxygens (including phenoxy) is 2. The Morgan fingerprint density at radius 1 is 1.12 bits per heavy atom. The fraction of sp³-hybridized carbons (Fsp3) is 0.833. The van der Waals surface area contributed by atoms with Crippen LogP contribution in [0.5, 0.6) is 0 Å². The topological polar surface area (TPSA) is 52.6 Å². The van der Waals surface area contributed by atoms with Crippen molar-refractivity contribution in [3.63, 3.8) is 0 Å². The number of esters is 2. The molecule has 0 aromatic carbocycles. The molecule has 0 unspecified atom stereocenters. The van der Waals surface area contributed by atoms with Crippen LogP contribution in [-0.4, -0.2) is 17.7 Å². The van der Waals surface area contributed by atoms with Crippen molar-refractivity contribution in [3.8, 4) is 0 Å². The second kappa shape index (κ2) is 5.87. The Morgan fingerprint density at radius 3 is 2.06 bits per heavy atom. The first-order valence-electron chi connectivity index (χ1n) is 5.99. The normalized spacial score (nSPS) is 21.4. The van der Waals surface area contributed by atoms with E-state index in [1.165, 1.54) is 0 Å². The molecule has 0 bridgehead atoms. The third kappa shape index (κ3) is 4.21. The minimum Gasteiger partial charge on any atom is -0.423 e. The van der Waals surface area contributed by atoms with Crippen LogP contribution >= 0.6 is 0 Å². The van der Waals surface area contributed by atoms with Gasteiger partial charge in [0, 0.05) is 26.2 Å². The molecule has 4 heteroatoms. The average Bonchev–Trinajstić information content (AvgIpc) is 2.26. The van der Waals surface area contributed by atoms with E-state index in [1.807, 2.05) is 6.92 Å². The molecule has 1 heterocycles. The summed E-state index contributed by atoms with van der Waals surface area (Å²) < 4.78 is 10.5. The first-order valence-corrected chi connectivity index (χ1v) is 5.99. The lowest BCUT2D eigenvalue weighted by Gasteiger charge is -2.28. The number of hydrogen-bond donors (Lipinski definition) is 0. The zero-order valence-electron chi connectivity index (χ0n) is 10.1. The van der Waals surface area contributed by atoms with Gasteiger partial charge in [-0.1, -0.05) is 13.3 Å². The number of hydrogen-bond acceptors (Lipinski definition) is 4. The molecule has 0 aromatic heterocycles. The second-order valence-electron chi connectivity index (χ2n) is 4.39. The standard InChI is InChI=1S/C12H20O4/c1-3-4-9-12(2)15-10(13)7-5-6-8-11(14)16-12/h3-9H2,1-2H3. The Bertz CT molecular complexity index is 240. The van der Waals surface area contributed by atoms with Gasteiger partial charge in [-0.2, -0.15) is 0 Å². The van der Waals surface area contributed by atoms with E-state index in [4.69, 9.17) is 9.47 Å². The molecule has 0 aliphatic carbocycles. The zero-order valence-corrected chi connectivity index (χ0v) is 10.1. The Balaban J connectivity index is 2.67. The van der Waals surface area contributed by atoms with Gasteiger partial charge in [-0.3, -0.25) is 9.59 Å². The molecule has 1 rings (SSSR count). The molecule has 0 saturated carbocycles. The monoisotopic (exact) mass is 228 g/mol. The highest BCUT2D eigenvalue weighted by Gasteiger charge is 2.33.